The monoisotopic (exact) mass is 426 g/mol. The molecule has 1 saturated heterocycles. The Kier molecular flexibility index (Phi) is 4.82. The maximum absolute atomic E-state index is 13.5. The average Bonchev–Trinajstić information content (AvgIpc) is 2.71. The average molecular weight is 426 g/mol. The Morgan fingerprint density at radius 2 is 1.73 bits per heavy atom. The van der Waals surface area contributed by atoms with Crippen LogP contribution in [0.4, 0.5) is 4.39 Å². The predicted octanol–water partition coefficient (Wildman–Crippen LogP) is 3.09. The topological polar surface area (TPSA) is 83.6 Å². The third-order valence-electron chi connectivity index (χ3n) is 5.48. The first kappa shape index (κ1) is 20.0. The highest BCUT2D eigenvalue weighted by molar-refractivity contribution is 7.90. The summed E-state index contributed by atoms with van der Waals surface area (Å²) in [5.41, 5.74) is -1.24. The second-order valence-corrected chi connectivity index (χ2v) is 9.12. The number of amides is 2. The van der Waals surface area contributed by atoms with Crippen LogP contribution in [0.1, 0.15) is 23.7 Å². The third kappa shape index (κ3) is 3.43. The first-order valence-corrected chi connectivity index (χ1v) is 10.8. The zero-order chi connectivity index (χ0) is 21.5. The van der Waals surface area contributed by atoms with E-state index in [2.05, 4.69) is 4.72 Å². The van der Waals surface area contributed by atoms with Gasteiger partial charge in [0.1, 0.15) is 11.4 Å². The van der Waals surface area contributed by atoms with E-state index < -0.39 is 33.2 Å². The summed E-state index contributed by atoms with van der Waals surface area (Å²) in [6, 6.07) is 17.0. The molecule has 2 amide bonds. The van der Waals surface area contributed by atoms with Gasteiger partial charge < -0.3 is 4.90 Å². The lowest BCUT2D eigenvalue weighted by Crippen LogP contribution is -2.67. The van der Waals surface area contributed by atoms with Crippen molar-refractivity contribution in [3.05, 3.63) is 78.1 Å². The molecule has 3 aromatic rings. The number of nitrogens with zero attached hydrogens (tertiary/aromatic N) is 1. The van der Waals surface area contributed by atoms with E-state index in [-0.39, 0.29) is 17.0 Å². The minimum Gasteiger partial charge on any atom is -0.324 e. The van der Waals surface area contributed by atoms with E-state index in [1.54, 1.807) is 18.2 Å². The van der Waals surface area contributed by atoms with Gasteiger partial charge in [-0.3, -0.25) is 9.59 Å². The van der Waals surface area contributed by atoms with Crippen LogP contribution in [0.2, 0.25) is 0 Å². The SMILES string of the molecule is CC1(C(=O)NS(=O)(=O)c2ccc3ccccc3c2)CCN1C(=O)c1cccc(F)c1. The van der Waals surface area contributed by atoms with E-state index in [9.17, 15) is 22.4 Å². The maximum atomic E-state index is 13.5. The van der Waals surface area contributed by atoms with Gasteiger partial charge in [-0.1, -0.05) is 36.4 Å². The van der Waals surface area contributed by atoms with Crippen LogP contribution in [0.25, 0.3) is 10.8 Å². The molecule has 0 saturated carbocycles. The molecule has 30 heavy (non-hydrogen) atoms. The van der Waals surface area contributed by atoms with Crippen molar-refractivity contribution in [3.63, 3.8) is 0 Å². The Morgan fingerprint density at radius 1 is 1.00 bits per heavy atom. The van der Waals surface area contributed by atoms with Gasteiger partial charge in [0.15, 0.2) is 0 Å². The van der Waals surface area contributed by atoms with Crippen molar-refractivity contribution in [2.45, 2.75) is 23.8 Å². The molecule has 154 valence electrons. The van der Waals surface area contributed by atoms with Gasteiger partial charge in [0.25, 0.3) is 21.8 Å². The van der Waals surface area contributed by atoms with Gasteiger partial charge >= 0.3 is 0 Å². The number of rotatable bonds is 4. The second-order valence-electron chi connectivity index (χ2n) is 7.43. The zero-order valence-electron chi connectivity index (χ0n) is 16.1. The van der Waals surface area contributed by atoms with E-state index in [0.29, 0.717) is 6.42 Å². The van der Waals surface area contributed by atoms with Crippen molar-refractivity contribution in [1.29, 1.82) is 0 Å². The van der Waals surface area contributed by atoms with Gasteiger partial charge in [0.05, 0.1) is 4.90 Å². The number of fused-ring (bicyclic) bond motifs is 1. The summed E-state index contributed by atoms with van der Waals surface area (Å²) in [5, 5.41) is 1.60. The molecule has 1 heterocycles. The van der Waals surface area contributed by atoms with Crippen LogP contribution >= 0.6 is 0 Å². The summed E-state index contributed by atoms with van der Waals surface area (Å²) in [4.78, 5) is 26.8. The van der Waals surface area contributed by atoms with E-state index in [4.69, 9.17) is 0 Å². The van der Waals surface area contributed by atoms with Gasteiger partial charge in [-0.25, -0.2) is 17.5 Å². The van der Waals surface area contributed by atoms with Gasteiger partial charge in [-0.15, -0.1) is 0 Å². The van der Waals surface area contributed by atoms with Crippen molar-refractivity contribution in [2.24, 2.45) is 0 Å². The Morgan fingerprint density at radius 3 is 2.40 bits per heavy atom. The molecule has 0 bridgehead atoms. The van der Waals surface area contributed by atoms with Crippen LogP contribution in [-0.4, -0.2) is 37.2 Å². The molecule has 1 fully saturated rings. The van der Waals surface area contributed by atoms with Gasteiger partial charge in [0.2, 0.25) is 0 Å². The normalized spacial score (nSPS) is 18.7. The van der Waals surface area contributed by atoms with E-state index in [0.717, 1.165) is 16.8 Å². The first-order valence-electron chi connectivity index (χ1n) is 9.34. The predicted molar refractivity (Wildman–Crippen MR) is 110 cm³/mol. The number of carbonyl (C=O) groups excluding carboxylic acids is 2. The van der Waals surface area contributed by atoms with Crippen molar-refractivity contribution in [1.82, 2.24) is 9.62 Å². The number of hydrogen-bond donors (Lipinski definition) is 1. The Balaban J connectivity index is 1.56. The molecule has 1 unspecified atom stereocenters. The number of benzene rings is 3. The number of carbonyl (C=O) groups is 2. The van der Waals surface area contributed by atoms with E-state index >= 15 is 0 Å². The van der Waals surface area contributed by atoms with Gasteiger partial charge in [-0.2, -0.15) is 0 Å². The standard InChI is InChI=1S/C22H19FN2O4S/c1-22(11-12-25(22)20(26)17-7-4-8-18(23)13-17)21(27)24-30(28,29)19-10-9-15-5-2-3-6-16(15)14-19/h2-10,13-14H,11-12H2,1H3,(H,24,27). The summed E-state index contributed by atoms with van der Waals surface area (Å²) in [5.74, 6) is -1.89. The van der Waals surface area contributed by atoms with Crippen LogP contribution in [-0.2, 0) is 14.8 Å². The number of likely N-dealkylation sites (tertiary alicyclic amines) is 1. The lowest BCUT2D eigenvalue weighted by molar-refractivity contribution is -0.135. The molecule has 0 spiro atoms. The molecule has 0 aromatic heterocycles. The summed E-state index contributed by atoms with van der Waals surface area (Å²) < 4.78 is 41.1. The number of sulfonamides is 1. The molecule has 6 nitrogen and oxygen atoms in total. The minimum atomic E-state index is -4.13. The molecule has 1 aliphatic heterocycles. The molecule has 8 heteroatoms. The van der Waals surface area contributed by atoms with Crippen molar-refractivity contribution in [2.75, 3.05) is 6.54 Å². The molecule has 1 N–H and O–H groups in total. The highest BCUT2D eigenvalue weighted by atomic mass is 32.2. The molecule has 1 aliphatic rings. The fourth-order valence-electron chi connectivity index (χ4n) is 3.52. The Labute approximate surface area is 173 Å². The highest BCUT2D eigenvalue weighted by Gasteiger charge is 2.50. The Bertz CT molecular complexity index is 1270. The molecular formula is C22H19FN2O4S. The molecule has 3 aromatic carbocycles. The summed E-state index contributed by atoms with van der Waals surface area (Å²) >= 11 is 0. The van der Waals surface area contributed by atoms with Crippen molar-refractivity contribution < 1.29 is 22.4 Å². The molecule has 1 atom stereocenters. The van der Waals surface area contributed by atoms with Gasteiger partial charge in [0, 0.05) is 12.1 Å². The van der Waals surface area contributed by atoms with Crippen molar-refractivity contribution >= 4 is 32.6 Å². The quantitative estimate of drug-likeness (QED) is 0.695. The zero-order valence-corrected chi connectivity index (χ0v) is 16.9. The molecule has 0 radical (unpaired) electrons. The van der Waals surface area contributed by atoms with Crippen LogP contribution in [0.5, 0.6) is 0 Å². The maximum Gasteiger partial charge on any atom is 0.264 e. The van der Waals surface area contributed by atoms with Crippen LogP contribution in [0, 0.1) is 5.82 Å². The third-order valence-corrected chi connectivity index (χ3v) is 6.81. The Hall–Kier alpha value is -3.26. The minimum absolute atomic E-state index is 0.0412. The fraction of sp³-hybridized carbons (Fsp3) is 0.182. The van der Waals surface area contributed by atoms with Gasteiger partial charge in [-0.05, 0) is 54.4 Å². The molecular weight excluding hydrogens is 407 g/mol. The van der Waals surface area contributed by atoms with E-state index in [1.165, 1.54) is 42.2 Å². The lowest BCUT2D eigenvalue weighted by atomic mass is 9.85. The highest BCUT2D eigenvalue weighted by Crippen LogP contribution is 2.33. The van der Waals surface area contributed by atoms with Crippen LogP contribution in [0.3, 0.4) is 0 Å². The van der Waals surface area contributed by atoms with Crippen molar-refractivity contribution in [3.8, 4) is 0 Å². The number of nitrogens with one attached hydrogen (secondary N) is 1. The fourth-order valence-corrected chi connectivity index (χ4v) is 4.63. The largest absolute Gasteiger partial charge is 0.324 e. The summed E-state index contributed by atoms with van der Waals surface area (Å²) in [6.45, 7) is 1.77. The van der Waals surface area contributed by atoms with Crippen LogP contribution < -0.4 is 4.72 Å². The lowest BCUT2D eigenvalue weighted by Gasteiger charge is -2.48. The number of hydrogen-bond acceptors (Lipinski definition) is 4. The van der Waals surface area contributed by atoms with E-state index in [1.807, 2.05) is 12.1 Å². The first-order chi connectivity index (χ1) is 14.2. The summed E-state index contributed by atoms with van der Waals surface area (Å²) in [7, 11) is -4.13. The van der Waals surface area contributed by atoms with Crippen LogP contribution in [0.15, 0.2) is 71.6 Å². The smallest absolute Gasteiger partial charge is 0.264 e. The summed E-state index contributed by atoms with van der Waals surface area (Å²) in [6.07, 6.45) is 0.299. The number of halogens is 1. The molecule has 0 aliphatic carbocycles. The second kappa shape index (κ2) is 7.21. The molecule has 4 rings (SSSR count).